The fourth-order valence-electron chi connectivity index (χ4n) is 2.79. The van der Waals surface area contributed by atoms with E-state index in [0.717, 1.165) is 17.7 Å². The summed E-state index contributed by atoms with van der Waals surface area (Å²) in [4.78, 5) is 26.1. The zero-order chi connectivity index (χ0) is 23.9. The van der Waals surface area contributed by atoms with E-state index >= 15 is 0 Å². The van der Waals surface area contributed by atoms with Crippen LogP contribution in [0.15, 0.2) is 48.5 Å². The van der Waals surface area contributed by atoms with Crippen molar-refractivity contribution in [3.63, 3.8) is 0 Å². The maximum absolute atomic E-state index is 13.1. The van der Waals surface area contributed by atoms with E-state index in [1.165, 1.54) is 17.6 Å². The monoisotopic (exact) mass is 445 g/mol. The first-order valence-electron chi connectivity index (χ1n) is 9.65. The highest BCUT2D eigenvalue weighted by Gasteiger charge is 2.46. The summed E-state index contributed by atoms with van der Waals surface area (Å²) >= 11 is 0. The number of rotatable bonds is 7. The minimum Gasteiger partial charge on any atom is -0.381 e. The first-order chi connectivity index (χ1) is 15.0. The second kappa shape index (κ2) is 10.8. The van der Waals surface area contributed by atoms with Gasteiger partial charge in [0.2, 0.25) is 0 Å². The van der Waals surface area contributed by atoms with Gasteiger partial charge >= 0.3 is 0 Å². The van der Waals surface area contributed by atoms with Crippen LogP contribution in [0.5, 0.6) is 0 Å². The van der Waals surface area contributed by atoms with Gasteiger partial charge in [-0.2, -0.15) is 0 Å². The van der Waals surface area contributed by atoms with Gasteiger partial charge in [-0.25, -0.2) is 14.3 Å². The summed E-state index contributed by atoms with van der Waals surface area (Å²) in [7, 11) is 3.97. The molecule has 4 N–H and O–H groups in total. The van der Waals surface area contributed by atoms with Crippen molar-refractivity contribution < 1.29 is 28.7 Å². The van der Waals surface area contributed by atoms with Crippen molar-refractivity contribution in [3.05, 3.63) is 70.8 Å². The number of hydrogen-bond donors (Lipinski definition) is 4. The Kier molecular flexibility index (Phi) is 8.43. The topological polar surface area (TPSA) is 102 Å². The summed E-state index contributed by atoms with van der Waals surface area (Å²) in [6, 6.07) is 11.7. The molecule has 2 atom stereocenters. The molecule has 0 aliphatic heterocycles. The van der Waals surface area contributed by atoms with Gasteiger partial charge in [0, 0.05) is 23.2 Å². The van der Waals surface area contributed by atoms with Crippen LogP contribution in [0, 0.1) is 11.8 Å². The van der Waals surface area contributed by atoms with E-state index in [-0.39, 0.29) is 5.56 Å². The minimum atomic E-state index is -3.35. The van der Waals surface area contributed by atoms with Gasteiger partial charge in [0.25, 0.3) is 18.2 Å². The highest BCUT2D eigenvalue weighted by atomic mass is 19.3. The molecule has 0 aromatic heterocycles. The Hall–Kier alpha value is -3.32. The quantitative estimate of drug-likeness (QED) is 0.296. The Morgan fingerprint density at radius 1 is 1.03 bits per heavy atom. The normalized spacial score (nSPS) is 13.7. The predicted molar refractivity (Wildman–Crippen MR) is 114 cm³/mol. The molecule has 2 rings (SSSR count). The lowest BCUT2D eigenvalue weighted by atomic mass is 9.95. The van der Waals surface area contributed by atoms with E-state index in [4.69, 9.17) is 5.21 Å². The third-order valence-corrected chi connectivity index (χ3v) is 4.63. The van der Waals surface area contributed by atoms with E-state index in [1.54, 1.807) is 12.1 Å². The summed E-state index contributed by atoms with van der Waals surface area (Å²) in [6.45, 7) is 1.51. The summed E-state index contributed by atoms with van der Waals surface area (Å²) in [6.07, 6.45) is -3.35. The molecule has 0 heterocycles. The van der Waals surface area contributed by atoms with Gasteiger partial charge in [0.15, 0.2) is 5.60 Å². The number of carbonyl (C=O) groups is 2. The largest absolute Gasteiger partial charge is 0.381 e. The molecule has 2 aromatic rings. The highest BCUT2D eigenvalue weighted by Crippen LogP contribution is 2.20. The standard InChI is InChI=1S/C23H25F2N3O4/c1-23(31,22(24)25)19(21(30)27-32)26-20(29)18-12-10-16(11-13-18)5-4-15-6-8-17(9-7-15)14-28(2)3/h6-13,19,22,31-32H,14H2,1-3H3,(H,26,29)(H,27,30). The Bertz CT molecular complexity index is 995. The maximum atomic E-state index is 13.1. The van der Waals surface area contributed by atoms with Crippen molar-refractivity contribution in [2.24, 2.45) is 0 Å². The summed E-state index contributed by atoms with van der Waals surface area (Å²) in [5, 5.41) is 20.6. The van der Waals surface area contributed by atoms with Crippen LogP contribution in [0.2, 0.25) is 0 Å². The second-order valence-electron chi connectivity index (χ2n) is 7.67. The SMILES string of the molecule is CN(C)Cc1ccc(C#Cc2ccc(C(=O)NC(C(=O)NO)C(C)(O)C(F)F)cc2)cc1. The van der Waals surface area contributed by atoms with Crippen LogP contribution in [-0.2, 0) is 11.3 Å². The zero-order valence-corrected chi connectivity index (χ0v) is 17.9. The van der Waals surface area contributed by atoms with Gasteiger partial charge in [-0.15, -0.1) is 0 Å². The molecule has 0 saturated carbocycles. The molecule has 0 fully saturated rings. The smallest absolute Gasteiger partial charge is 0.269 e. The van der Waals surface area contributed by atoms with E-state index in [2.05, 4.69) is 16.7 Å². The molecular formula is C23H25F2N3O4. The number of benzene rings is 2. The molecule has 0 aliphatic carbocycles. The lowest BCUT2D eigenvalue weighted by Gasteiger charge is -2.30. The van der Waals surface area contributed by atoms with Crippen LogP contribution in [0.4, 0.5) is 8.78 Å². The van der Waals surface area contributed by atoms with E-state index in [1.807, 2.05) is 43.7 Å². The molecule has 2 aromatic carbocycles. The Balaban J connectivity index is 2.11. The lowest BCUT2D eigenvalue weighted by Crippen LogP contribution is -2.61. The number of nitrogens with one attached hydrogen (secondary N) is 2. The van der Waals surface area contributed by atoms with Crippen LogP contribution in [-0.4, -0.2) is 59.2 Å². The summed E-state index contributed by atoms with van der Waals surface area (Å²) < 4.78 is 26.2. The van der Waals surface area contributed by atoms with Crippen molar-refractivity contribution in [1.82, 2.24) is 15.7 Å². The summed E-state index contributed by atoms with van der Waals surface area (Å²) in [5.41, 5.74) is 0.933. The van der Waals surface area contributed by atoms with Crippen LogP contribution in [0.25, 0.3) is 0 Å². The van der Waals surface area contributed by atoms with Crippen molar-refractivity contribution in [1.29, 1.82) is 0 Å². The molecule has 2 amide bonds. The number of hydrogen-bond acceptors (Lipinski definition) is 5. The number of aliphatic hydroxyl groups is 1. The molecule has 7 nitrogen and oxygen atoms in total. The first-order valence-corrected chi connectivity index (χ1v) is 9.65. The van der Waals surface area contributed by atoms with Crippen molar-refractivity contribution >= 4 is 11.8 Å². The number of halogens is 2. The molecular weight excluding hydrogens is 420 g/mol. The van der Waals surface area contributed by atoms with Crippen molar-refractivity contribution in [2.75, 3.05) is 14.1 Å². The van der Waals surface area contributed by atoms with Gasteiger partial charge < -0.3 is 15.3 Å². The molecule has 32 heavy (non-hydrogen) atoms. The van der Waals surface area contributed by atoms with Gasteiger partial charge in [-0.3, -0.25) is 14.8 Å². The molecule has 170 valence electrons. The fourth-order valence-corrected chi connectivity index (χ4v) is 2.79. The molecule has 0 bridgehead atoms. The lowest BCUT2D eigenvalue weighted by molar-refractivity contribution is -0.149. The van der Waals surface area contributed by atoms with Crippen molar-refractivity contribution in [2.45, 2.75) is 31.5 Å². The molecule has 9 heteroatoms. The predicted octanol–water partition coefficient (Wildman–Crippen LogP) is 1.77. The Morgan fingerprint density at radius 2 is 1.53 bits per heavy atom. The average molecular weight is 445 g/mol. The summed E-state index contributed by atoms with van der Waals surface area (Å²) in [5.74, 6) is 3.73. The minimum absolute atomic E-state index is 0.0596. The first kappa shape index (κ1) is 24.9. The average Bonchev–Trinajstić information content (AvgIpc) is 2.76. The van der Waals surface area contributed by atoms with Gasteiger partial charge in [0.05, 0.1) is 0 Å². The fraction of sp³-hybridized carbons (Fsp3) is 0.304. The van der Waals surface area contributed by atoms with Gasteiger partial charge in [-0.05, 0) is 63.0 Å². The van der Waals surface area contributed by atoms with E-state index < -0.39 is 29.9 Å². The van der Waals surface area contributed by atoms with Gasteiger partial charge in [-0.1, -0.05) is 24.0 Å². The van der Waals surface area contributed by atoms with E-state index in [9.17, 15) is 23.5 Å². The molecule has 0 aliphatic rings. The van der Waals surface area contributed by atoms with E-state index in [0.29, 0.717) is 12.5 Å². The van der Waals surface area contributed by atoms with Gasteiger partial charge in [0.1, 0.15) is 6.04 Å². The highest BCUT2D eigenvalue weighted by molar-refractivity contribution is 5.97. The number of hydroxylamine groups is 1. The number of amides is 2. The van der Waals surface area contributed by atoms with Crippen molar-refractivity contribution in [3.8, 4) is 11.8 Å². The third kappa shape index (κ3) is 6.59. The Morgan fingerprint density at radius 3 is 1.97 bits per heavy atom. The number of carbonyl (C=O) groups excluding carboxylic acids is 2. The maximum Gasteiger partial charge on any atom is 0.269 e. The molecule has 2 unspecified atom stereocenters. The molecule has 0 saturated heterocycles. The Labute approximate surface area is 185 Å². The number of alkyl halides is 2. The van der Waals surface area contributed by atoms with Crippen LogP contribution >= 0.6 is 0 Å². The van der Waals surface area contributed by atoms with Crippen LogP contribution < -0.4 is 10.8 Å². The van der Waals surface area contributed by atoms with Crippen LogP contribution in [0.3, 0.4) is 0 Å². The molecule has 0 radical (unpaired) electrons. The van der Waals surface area contributed by atoms with Crippen LogP contribution in [0.1, 0.15) is 34.0 Å². The zero-order valence-electron chi connectivity index (χ0n) is 17.9. The molecule has 0 spiro atoms. The number of nitrogens with zero attached hydrogens (tertiary/aromatic N) is 1. The third-order valence-electron chi connectivity index (χ3n) is 4.63. The second-order valence-corrected chi connectivity index (χ2v) is 7.67.